The highest BCUT2D eigenvalue weighted by atomic mass is 32.2. The third kappa shape index (κ3) is 3.14. The first kappa shape index (κ1) is 14.5. The molecule has 104 valence electrons. The molecule has 0 fully saturated rings. The number of rotatable bonds is 4. The number of sulfonamides is 1. The first-order valence-corrected chi connectivity index (χ1v) is 7.96. The molecule has 2 aromatic rings. The van der Waals surface area contributed by atoms with Crippen LogP contribution in [0.2, 0.25) is 0 Å². The van der Waals surface area contributed by atoms with E-state index >= 15 is 0 Å². The minimum absolute atomic E-state index is 0.0674. The fourth-order valence-corrected chi connectivity index (χ4v) is 2.96. The minimum Gasteiger partial charge on any atom is -0.370 e. The van der Waals surface area contributed by atoms with Crippen molar-refractivity contribution in [3.8, 4) is 6.07 Å². The van der Waals surface area contributed by atoms with Crippen molar-refractivity contribution in [2.24, 2.45) is 5.14 Å². The van der Waals surface area contributed by atoms with E-state index < -0.39 is 10.0 Å². The van der Waals surface area contributed by atoms with Gasteiger partial charge in [-0.15, -0.1) is 0 Å². The first-order valence-electron chi connectivity index (χ1n) is 5.64. The van der Waals surface area contributed by atoms with Crippen molar-refractivity contribution in [1.29, 1.82) is 5.26 Å². The molecule has 0 spiro atoms. The average molecular weight is 308 g/mol. The number of anilines is 1. The second-order valence-electron chi connectivity index (χ2n) is 4.13. The van der Waals surface area contributed by atoms with Gasteiger partial charge in [0.15, 0.2) is 0 Å². The number of aromatic nitrogens is 1. The molecule has 0 amide bonds. The Morgan fingerprint density at radius 3 is 2.90 bits per heavy atom. The van der Waals surface area contributed by atoms with E-state index in [0.717, 1.165) is 5.56 Å². The molecule has 20 heavy (non-hydrogen) atoms. The van der Waals surface area contributed by atoms with E-state index in [1.807, 2.05) is 0 Å². The van der Waals surface area contributed by atoms with Gasteiger partial charge in [0.1, 0.15) is 16.6 Å². The van der Waals surface area contributed by atoms with Crippen molar-refractivity contribution in [2.45, 2.75) is 18.4 Å². The molecule has 0 radical (unpaired) electrons. The lowest BCUT2D eigenvalue weighted by atomic mass is 10.2. The highest BCUT2D eigenvalue weighted by Gasteiger charge is 2.11. The topological polar surface area (TPSA) is 109 Å². The summed E-state index contributed by atoms with van der Waals surface area (Å²) in [6.07, 6.45) is 0. The van der Waals surface area contributed by atoms with Crippen LogP contribution >= 0.6 is 11.5 Å². The Balaban J connectivity index is 2.18. The lowest BCUT2D eigenvalue weighted by Crippen LogP contribution is -2.12. The number of nitrogens with one attached hydrogen (secondary N) is 1. The van der Waals surface area contributed by atoms with Crippen molar-refractivity contribution in [3.63, 3.8) is 0 Å². The Morgan fingerprint density at radius 2 is 2.25 bits per heavy atom. The fourth-order valence-electron chi connectivity index (χ4n) is 1.64. The van der Waals surface area contributed by atoms with Crippen LogP contribution < -0.4 is 10.5 Å². The third-order valence-corrected chi connectivity index (χ3v) is 4.46. The molecule has 1 aromatic heterocycles. The molecule has 0 atom stereocenters. The van der Waals surface area contributed by atoms with Gasteiger partial charge >= 0.3 is 0 Å². The number of aryl methyl sites for hydroxylation is 1. The molecule has 2 rings (SSSR count). The van der Waals surface area contributed by atoms with Gasteiger partial charge in [-0.05, 0) is 36.2 Å². The molecule has 3 N–H and O–H groups in total. The molecule has 0 aliphatic heterocycles. The quantitative estimate of drug-likeness (QED) is 0.891. The van der Waals surface area contributed by atoms with Gasteiger partial charge in [0.25, 0.3) is 0 Å². The van der Waals surface area contributed by atoms with Gasteiger partial charge in [0.2, 0.25) is 10.0 Å². The Morgan fingerprint density at radius 1 is 1.50 bits per heavy atom. The summed E-state index contributed by atoms with van der Waals surface area (Å²) in [4.78, 5) is 0.0674. The zero-order valence-electron chi connectivity index (χ0n) is 10.6. The van der Waals surface area contributed by atoms with Crippen LogP contribution in [0.4, 0.5) is 5.00 Å². The standard InChI is InChI=1S/C12H12N4O2S2/c1-8-11(6-13)12(19-16-8)15-7-9-3-2-4-10(5-9)20(14,17)18/h2-5,15H,7H2,1H3,(H2,14,17,18). The maximum absolute atomic E-state index is 11.3. The van der Waals surface area contributed by atoms with Crippen molar-refractivity contribution < 1.29 is 8.42 Å². The van der Waals surface area contributed by atoms with Crippen LogP contribution in [0, 0.1) is 18.3 Å². The third-order valence-electron chi connectivity index (χ3n) is 2.65. The summed E-state index contributed by atoms with van der Waals surface area (Å²) in [6, 6.07) is 8.43. The van der Waals surface area contributed by atoms with E-state index in [1.54, 1.807) is 19.1 Å². The molecule has 0 saturated heterocycles. The van der Waals surface area contributed by atoms with E-state index in [-0.39, 0.29) is 4.90 Å². The molecule has 6 nitrogen and oxygen atoms in total. The zero-order valence-corrected chi connectivity index (χ0v) is 12.3. The van der Waals surface area contributed by atoms with Gasteiger partial charge in [-0.3, -0.25) is 0 Å². The minimum atomic E-state index is -3.71. The average Bonchev–Trinajstić information content (AvgIpc) is 2.76. The van der Waals surface area contributed by atoms with Crippen LogP contribution in [-0.2, 0) is 16.6 Å². The molecule has 1 aromatic carbocycles. The molecule has 8 heteroatoms. The summed E-state index contributed by atoms with van der Waals surface area (Å²) < 4.78 is 26.6. The number of nitriles is 1. The van der Waals surface area contributed by atoms with E-state index in [1.165, 1.54) is 23.7 Å². The molecule has 0 aliphatic carbocycles. The number of nitrogens with zero attached hydrogens (tertiary/aromatic N) is 2. The predicted octanol–water partition coefficient (Wildman–Crippen LogP) is 1.58. The maximum Gasteiger partial charge on any atom is 0.238 e. The number of hydrogen-bond acceptors (Lipinski definition) is 6. The van der Waals surface area contributed by atoms with Crippen LogP contribution in [0.1, 0.15) is 16.8 Å². The number of nitrogens with two attached hydrogens (primary N) is 1. The normalized spacial score (nSPS) is 11.1. The Hall–Kier alpha value is -1.95. The van der Waals surface area contributed by atoms with E-state index in [9.17, 15) is 8.42 Å². The lowest BCUT2D eigenvalue weighted by molar-refractivity contribution is 0.597. The second-order valence-corrected chi connectivity index (χ2v) is 6.46. The molecule has 0 aliphatic rings. The first-order chi connectivity index (χ1) is 9.41. The van der Waals surface area contributed by atoms with E-state index in [4.69, 9.17) is 10.4 Å². The van der Waals surface area contributed by atoms with E-state index in [0.29, 0.717) is 22.8 Å². The van der Waals surface area contributed by atoms with Gasteiger partial charge in [0.05, 0.1) is 10.6 Å². The van der Waals surface area contributed by atoms with Gasteiger partial charge in [-0.25, -0.2) is 13.6 Å². The smallest absolute Gasteiger partial charge is 0.238 e. The summed E-state index contributed by atoms with van der Waals surface area (Å²) in [5.41, 5.74) is 1.95. The molecule has 0 bridgehead atoms. The Bertz CT molecular complexity index is 775. The lowest BCUT2D eigenvalue weighted by Gasteiger charge is -2.05. The zero-order chi connectivity index (χ0) is 14.8. The fraction of sp³-hybridized carbons (Fsp3) is 0.167. The van der Waals surface area contributed by atoms with Crippen LogP contribution in [0.3, 0.4) is 0 Å². The summed E-state index contributed by atoms with van der Waals surface area (Å²) in [7, 11) is -3.71. The maximum atomic E-state index is 11.3. The second kappa shape index (κ2) is 5.58. The summed E-state index contributed by atoms with van der Waals surface area (Å²) in [5, 5.41) is 17.8. The van der Waals surface area contributed by atoms with Crippen molar-refractivity contribution >= 4 is 26.6 Å². The van der Waals surface area contributed by atoms with Crippen LogP contribution in [0.5, 0.6) is 0 Å². The Kier molecular flexibility index (Phi) is 4.04. The number of benzene rings is 1. The molecule has 1 heterocycles. The van der Waals surface area contributed by atoms with E-state index in [2.05, 4.69) is 15.8 Å². The molecule has 0 saturated carbocycles. The van der Waals surface area contributed by atoms with Crippen molar-refractivity contribution in [2.75, 3.05) is 5.32 Å². The number of hydrogen-bond donors (Lipinski definition) is 2. The van der Waals surface area contributed by atoms with Gasteiger partial charge in [0, 0.05) is 6.54 Å². The van der Waals surface area contributed by atoms with Crippen molar-refractivity contribution in [1.82, 2.24) is 4.37 Å². The van der Waals surface area contributed by atoms with Gasteiger partial charge in [-0.1, -0.05) is 12.1 Å². The molecular formula is C12H12N4O2S2. The highest BCUT2D eigenvalue weighted by Crippen LogP contribution is 2.24. The molecular weight excluding hydrogens is 296 g/mol. The SMILES string of the molecule is Cc1nsc(NCc2cccc(S(N)(=O)=O)c2)c1C#N. The highest BCUT2D eigenvalue weighted by molar-refractivity contribution is 7.89. The molecule has 0 unspecified atom stereocenters. The van der Waals surface area contributed by atoms with Crippen LogP contribution in [0.15, 0.2) is 29.2 Å². The van der Waals surface area contributed by atoms with Gasteiger partial charge in [-0.2, -0.15) is 9.64 Å². The van der Waals surface area contributed by atoms with Crippen molar-refractivity contribution in [3.05, 3.63) is 41.1 Å². The summed E-state index contributed by atoms with van der Waals surface area (Å²) in [6.45, 7) is 2.15. The summed E-state index contributed by atoms with van der Waals surface area (Å²) >= 11 is 1.20. The monoisotopic (exact) mass is 308 g/mol. The Labute approximate surface area is 121 Å². The number of primary sulfonamides is 1. The predicted molar refractivity (Wildman–Crippen MR) is 76.7 cm³/mol. The van der Waals surface area contributed by atoms with Crippen LogP contribution in [0.25, 0.3) is 0 Å². The van der Waals surface area contributed by atoms with Gasteiger partial charge < -0.3 is 5.32 Å². The summed E-state index contributed by atoms with van der Waals surface area (Å²) in [5.74, 6) is 0. The largest absolute Gasteiger partial charge is 0.370 e. The van der Waals surface area contributed by atoms with Crippen LogP contribution in [-0.4, -0.2) is 12.8 Å².